The Morgan fingerprint density at radius 3 is 2.32 bits per heavy atom. The smallest absolute Gasteiger partial charge is 0.225 e. The fourth-order valence-corrected chi connectivity index (χ4v) is 3.36. The molecule has 0 atom stereocenters. The molecular weight excluding hydrogens is 328 g/mol. The standard InChI is InChI=1S/C20H31N4S/c1-3-5-6-7-8-9-10-12-24(13-11-19-16-25-17-23-19)20-21-14-18(4-2)15-22-20/h14-16H,3-13H2,1-2H3. The van der Waals surface area contributed by atoms with E-state index in [2.05, 4.69) is 44.6 Å². The second-order valence-electron chi connectivity index (χ2n) is 6.53. The molecule has 0 saturated heterocycles. The Labute approximate surface area is 156 Å². The first-order valence-corrected chi connectivity index (χ1v) is 10.6. The van der Waals surface area contributed by atoms with Gasteiger partial charge in [-0.15, -0.1) is 11.3 Å². The van der Waals surface area contributed by atoms with E-state index < -0.39 is 0 Å². The van der Waals surface area contributed by atoms with Gasteiger partial charge in [0.2, 0.25) is 5.95 Å². The number of thiazole rings is 1. The maximum atomic E-state index is 4.58. The summed E-state index contributed by atoms with van der Waals surface area (Å²) >= 11 is 1.54. The van der Waals surface area contributed by atoms with Gasteiger partial charge in [0, 0.05) is 37.3 Å². The van der Waals surface area contributed by atoms with Crippen LogP contribution in [0.4, 0.5) is 5.95 Å². The quantitative estimate of drug-likeness (QED) is 0.467. The van der Waals surface area contributed by atoms with Crippen LogP contribution in [0.15, 0.2) is 17.8 Å². The molecule has 0 unspecified atom stereocenters. The molecule has 0 aliphatic rings. The molecule has 0 aliphatic carbocycles. The normalized spacial score (nSPS) is 11.0. The Morgan fingerprint density at radius 1 is 0.960 bits per heavy atom. The van der Waals surface area contributed by atoms with E-state index in [-0.39, 0.29) is 0 Å². The van der Waals surface area contributed by atoms with E-state index in [9.17, 15) is 0 Å². The van der Waals surface area contributed by atoms with Crippen molar-refractivity contribution in [1.82, 2.24) is 15.0 Å². The lowest BCUT2D eigenvalue weighted by molar-refractivity contribution is 0.580. The third kappa shape index (κ3) is 7.51. The number of nitrogens with zero attached hydrogens (tertiary/aromatic N) is 4. The molecule has 0 N–H and O–H groups in total. The maximum Gasteiger partial charge on any atom is 0.225 e. The predicted molar refractivity (Wildman–Crippen MR) is 106 cm³/mol. The van der Waals surface area contributed by atoms with Crippen LogP contribution in [0.25, 0.3) is 0 Å². The highest BCUT2D eigenvalue weighted by molar-refractivity contribution is 7.07. The third-order valence-electron chi connectivity index (χ3n) is 4.49. The number of hydrogen-bond acceptors (Lipinski definition) is 5. The first-order valence-electron chi connectivity index (χ1n) is 9.69. The zero-order chi connectivity index (χ0) is 17.7. The van der Waals surface area contributed by atoms with Crippen LogP contribution >= 0.6 is 11.3 Å². The van der Waals surface area contributed by atoms with Crippen molar-refractivity contribution in [3.05, 3.63) is 34.5 Å². The molecule has 4 nitrogen and oxygen atoms in total. The fraction of sp³-hybridized carbons (Fsp3) is 0.650. The Morgan fingerprint density at radius 2 is 1.68 bits per heavy atom. The van der Waals surface area contributed by atoms with Crippen LogP contribution in [0, 0.1) is 5.51 Å². The van der Waals surface area contributed by atoms with E-state index in [1.807, 2.05) is 12.4 Å². The summed E-state index contributed by atoms with van der Waals surface area (Å²) in [7, 11) is 0. The van der Waals surface area contributed by atoms with E-state index in [4.69, 9.17) is 0 Å². The Bertz CT molecular complexity index is 554. The van der Waals surface area contributed by atoms with E-state index in [1.165, 1.54) is 61.8 Å². The number of rotatable bonds is 13. The summed E-state index contributed by atoms with van der Waals surface area (Å²) in [5.74, 6) is 0.849. The first-order chi connectivity index (χ1) is 12.3. The van der Waals surface area contributed by atoms with Gasteiger partial charge in [0.25, 0.3) is 0 Å². The lowest BCUT2D eigenvalue weighted by Crippen LogP contribution is -2.29. The van der Waals surface area contributed by atoms with Crippen molar-refractivity contribution in [2.75, 3.05) is 18.0 Å². The second kappa shape index (κ2) is 12.0. The molecule has 137 valence electrons. The molecule has 0 aliphatic heterocycles. The molecular formula is C20H31N4S. The minimum atomic E-state index is 0.849. The molecule has 2 heterocycles. The number of unbranched alkanes of at least 4 members (excludes halogenated alkanes) is 6. The molecule has 0 fully saturated rings. The molecule has 0 saturated carbocycles. The van der Waals surface area contributed by atoms with E-state index >= 15 is 0 Å². The molecule has 5 heteroatoms. The molecule has 2 rings (SSSR count). The van der Waals surface area contributed by atoms with Crippen LogP contribution in [0.5, 0.6) is 0 Å². The van der Waals surface area contributed by atoms with Gasteiger partial charge in [-0.3, -0.25) is 0 Å². The third-order valence-corrected chi connectivity index (χ3v) is 5.08. The van der Waals surface area contributed by atoms with Gasteiger partial charge >= 0.3 is 0 Å². The van der Waals surface area contributed by atoms with Crippen LogP contribution in [-0.4, -0.2) is 28.0 Å². The van der Waals surface area contributed by atoms with Crippen LogP contribution < -0.4 is 4.90 Å². The van der Waals surface area contributed by atoms with Crippen molar-refractivity contribution in [3.63, 3.8) is 0 Å². The summed E-state index contributed by atoms with van der Waals surface area (Å²) in [6.45, 7) is 6.33. The monoisotopic (exact) mass is 359 g/mol. The summed E-state index contributed by atoms with van der Waals surface area (Å²) < 4.78 is 0. The van der Waals surface area contributed by atoms with Crippen molar-refractivity contribution in [2.45, 2.75) is 71.6 Å². The minimum Gasteiger partial charge on any atom is -0.340 e. The fourth-order valence-electron chi connectivity index (χ4n) is 2.84. The molecule has 25 heavy (non-hydrogen) atoms. The molecule has 0 amide bonds. The second-order valence-corrected chi connectivity index (χ2v) is 7.19. The molecule has 0 spiro atoms. The SMILES string of the molecule is CCCCCCCCCN(CCc1cs[c]n1)c1ncc(CC)cn1. The van der Waals surface area contributed by atoms with Gasteiger partial charge in [-0.2, -0.15) is 0 Å². The Kier molecular flexibility index (Phi) is 9.49. The van der Waals surface area contributed by atoms with Crippen LogP contribution in [0.3, 0.4) is 0 Å². The van der Waals surface area contributed by atoms with Crippen molar-refractivity contribution < 1.29 is 0 Å². The van der Waals surface area contributed by atoms with Gasteiger partial charge in [-0.05, 0) is 18.4 Å². The van der Waals surface area contributed by atoms with Crippen molar-refractivity contribution in [2.24, 2.45) is 0 Å². The average Bonchev–Trinajstić information content (AvgIpc) is 3.17. The topological polar surface area (TPSA) is 41.9 Å². The Hall–Kier alpha value is -1.49. The van der Waals surface area contributed by atoms with Crippen LogP contribution in [0.1, 0.15) is 70.1 Å². The molecule has 2 aromatic rings. The number of aryl methyl sites for hydroxylation is 1. The van der Waals surface area contributed by atoms with E-state index in [0.29, 0.717) is 0 Å². The van der Waals surface area contributed by atoms with Gasteiger partial charge in [0.1, 0.15) is 0 Å². The molecule has 1 radical (unpaired) electrons. The van der Waals surface area contributed by atoms with E-state index in [0.717, 1.165) is 37.6 Å². The van der Waals surface area contributed by atoms with Gasteiger partial charge in [0.15, 0.2) is 5.51 Å². The zero-order valence-corrected chi connectivity index (χ0v) is 16.5. The summed E-state index contributed by atoms with van der Waals surface area (Å²) in [4.78, 5) is 15.7. The van der Waals surface area contributed by atoms with Crippen LogP contribution in [0.2, 0.25) is 0 Å². The summed E-state index contributed by atoms with van der Waals surface area (Å²) in [6, 6.07) is 0. The maximum absolute atomic E-state index is 4.58. The van der Waals surface area contributed by atoms with Gasteiger partial charge < -0.3 is 4.90 Å². The summed E-state index contributed by atoms with van der Waals surface area (Å²) in [5, 5.41) is 2.08. The van der Waals surface area contributed by atoms with Gasteiger partial charge in [0.05, 0.1) is 5.69 Å². The first kappa shape index (κ1) is 19.8. The largest absolute Gasteiger partial charge is 0.340 e. The number of aromatic nitrogens is 3. The van der Waals surface area contributed by atoms with E-state index in [1.54, 1.807) is 0 Å². The van der Waals surface area contributed by atoms with Gasteiger partial charge in [-0.25, -0.2) is 15.0 Å². The highest BCUT2D eigenvalue weighted by atomic mass is 32.1. The van der Waals surface area contributed by atoms with Crippen molar-refractivity contribution in [1.29, 1.82) is 0 Å². The highest BCUT2D eigenvalue weighted by Crippen LogP contribution is 2.13. The lowest BCUT2D eigenvalue weighted by atomic mass is 10.1. The number of anilines is 1. The van der Waals surface area contributed by atoms with Crippen molar-refractivity contribution >= 4 is 17.3 Å². The molecule has 0 bridgehead atoms. The van der Waals surface area contributed by atoms with Gasteiger partial charge in [-0.1, -0.05) is 52.4 Å². The average molecular weight is 360 g/mol. The minimum absolute atomic E-state index is 0.849. The zero-order valence-electron chi connectivity index (χ0n) is 15.7. The number of hydrogen-bond donors (Lipinski definition) is 0. The lowest BCUT2D eigenvalue weighted by Gasteiger charge is -2.22. The molecule has 2 aromatic heterocycles. The molecule has 0 aromatic carbocycles. The van der Waals surface area contributed by atoms with Crippen molar-refractivity contribution in [3.8, 4) is 0 Å². The van der Waals surface area contributed by atoms with Crippen LogP contribution in [-0.2, 0) is 12.8 Å². The summed E-state index contributed by atoms with van der Waals surface area (Å²) in [5.41, 5.74) is 5.23. The predicted octanol–water partition coefficient (Wildman–Crippen LogP) is 5.10. The Balaban J connectivity index is 1.82. The highest BCUT2D eigenvalue weighted by Gasteiger charge is 2.10. The summed E-state index contributed by atoms with van der Waals surface area (Å²) in [6.07, 6.45) is 15.1.